The summed E-state index contributed by atoms with van der Waals surface area (Å²) in [7, 11) is -3.83. The van der Waals surface area contributed by atoms with Crippen molar-refractivity contribution in [3.05, 3.63) is 63.6 Å². The molecule has 0 fully saturated rings. The second-order valence-electron chi connectivity index (χ2n) is 3.82. The van der Waals surface area contributed by atoms with Crippen molar-refractivity contribution in [1.82, 2.24) is 0 Å². The van der Waals surface area contributed by atoms with Gasteiger partial charge in [0, 0.05) is 15.1 Å². The van der Waals surface area contributed by atoms with Crippen LogP contribution in [-0.4, -0.2) is 13.6 Å². The summed E-state index contributed by atoms with van der Waals surface area (Å²) in [6.07, 6.45) is 0. The Hall–Kier alpha value is -0.880. The Labute approximate surface area is 135 Å². The third kappa shape index (κ3) is 3.82. The second kappa shape index (κ2) is 6.26. The predicted octanol–water partition coefficient (Wildman–Crippen LogP) is 4.48. The third-order valence-electron chi connectivity index (χ3n) is 2.39. The van der Waals surface area contributed by atoms with Crippen molar-refractivity contribution in [3.8, 4) is 0 Å². The predicted molar refractivity (Wildman–Crippen MR) is 85.2 cm³/mol. The molecule has 0 saturated heterocycles. The zero-order valence-electron chi connectivity index (χ0n) is 9.92. The molecule has 0 unspecified atom stereocenters. The molecule has 3 nitrogen and oxygen atoms in total. The highest BCUT2D eigenvalue weighted by atomic mass is 79.9. The number of halogens is 3. The molecule has 2 rings (SSSR count). The van der Waals surface area contributed by atoms with Gasteiger partial charge in [0.05, 0.1) is 4.90 Å². The van der Waals surface area contributed by atoms with Gasteiger partial charge in [0.2, 0.25) is 0 Å². The number of benzene rings is 2. The molecule has 2 aromatic carbocycles. The smallest absolute Gasteiger partial charge is 0.199 e. The fourth-order valence-electron chi connectivity index (χ4n) is 1.40. The quantitative estimate of drug-likeness (QED) is 0.723. The lowest BCUT2D eigenvalue weighted by Crippen LogP contribution is -2.01. The van der Waals surface area contributed by atoms with E-state index in [0.717, 1.165) is 4.47 Å². The first-order valence-corrected chi connectivity index (χ1v) is 8.39. The first-order valence-electron chi connectivity index (χ1n) is 5.40. The van der Waals surface area contributed by atoms with E-state index in [1.165, 1.54) is 12.1 Å². The Morgan fingerprint density at radius 2 is 1.55 bits per heavy atom. The summed E-state index contributed by atoms with van der Waals surface area (Å²) in [5.41, 5.74) is 0.483. The van der Waals surface area contributed by atoms with Crippen LogP contribution in [0.1, 0.15) is 5.56 Å². The first-order chi connectivity index (χ1) is 9.38. The van der Waals surface area contributed by atoms with Crippen molar-refractivity contribution in [2.75, 3.05) is 0 Å². The summed E-state index contributed by atoms with van der Waals surface area (Å²) in [5, 5.41) is 0.429. The van der Waals surface area contributed by atoms with Gasteiger partial charge in [-0.1, -0.05) is 51.3 Å². The molecule has 0 aliphatic rings. The largest absolute Gasteiger partial charge is 0.283 e. The minimum absolute atomic E-state index is 0.0767. The summed E-state index contributed by atoms with van der Waals surface area (Å²) in [4.78, 5) is 0.0767. The number of rotatable bonds is 3. The molecular weight excluding hydrogens is 385 g/mol. The zero-order valence-corrected chi connectivity index (χ0v) is 13.8. The van der Waals surface area contributed by atoms with Gasteiger partial charge in [-0.3, -0.25) is 0 Å². The first kappa shape index (κ1) is 15.5. The molecule has 0 aliphatic heterocycles. The van der Waals surface area contributed by atoms with Crippen LogP contribution < -0.4 is 0 Å². The van der Waals surface area contributed by atoms with Gasteiger partial charge in [-0.25, -0.2) is 0 Å². The Kier molecular flexibility index (Phi) is 4.86. The molecule has 20 heavy (non-hydrogen) atoms. The van der Waals surface area contributed by atoms with E-state index in [0.29, 0.717) is 10.6 Å². The van der Waals surface area contributed by atoms with Crippen LogP contribution in [0.5, 0.6) is 0 Å². The van der Waals surface area contributed by atoms with Crippen LogP contribution in [0.3, 0.4) is 0 Å². The molecule has 0 saturated carbocycles. The minimum Gasteiger partial charge on any atom is -0.199 e. The molecule has 0 amide bonds. The summed E-state index contributed by atoms with van der Waals surface area (Å²) >= 11 is 14.9. The summed E-state index contributed by atoms with van der Waals surface area (Å²) in [5.74, 6) is 0. The normalized spacial score (nSPS) is 12.4. The molecule has 0 aromatic heterocycles. The molecule has 0 aliphatic carbocycles. The third-order valence-corrected chi connectivity index (χ3v) is 4.87. The van der Waals surface area contributed by atoms with Gasteiger partial charge >= 0.3 is 0 Å². The van der Waals surface area contributed by atoms with E-state index < -0.39 is 10.0 Å². The SMILES string of the molecule is O=S(=O)(/N=C(\Cl)c1ccc(Cl)cc1)c1ccc(Br)cc1. The van der Waals surface area contributed by atoms with Crippen LogP contribution in [0.15, 0.2) is 62.3 Å². The molecule has 0 atom stereocenters. The monoisotopic (exact) mass is 391 g/mol. The topological polar surface area (TPSA) is 46.5 Å². The van der Waals surface area contributed by atoms with E-state index in [1.807, 2.05) is 0 Å². The van der Waals surface area contributed by atoms with E-state index in [9.17, 15) is 8.42 Å². The standard InChI is InChI=1S/C13H8BrCl2NO2S/c14-10-3-7-12(8-4-10)20(18,19)17-13(16)9-1-5-11(15)6-2-9/h1-8H/b17-13-. The maximum absolute atomic E-state index is 12.1. The molecule has 7 heteroatoms. The number of nitrogens with zero attached hydrogens (tertiary/aromatic N) is 1. The Morgan fingerprint density at radius 1 is 1.00 bits per heavy atom. The van der Waals surface area contributed by atoms with Crippen LogP contribution in [0.4, 0.5) is 0 Å². The van der Waals surface area contributed by atoms with Gasteiger partial charge in [0.15, 0.2) is 0 Å². The van der Waals surface area contributed by atoms with Crippen molar-refractivity contribution in [2.24, 2.45) is 4.40 Å². The average Bonchev–Trinajstić information content (AvgIpc) is 2.39. The van der Waals surface area contributed by atoms with Crippen LogP contribution in [0.25, 0.3) is 0 Å². The highest BCUT2D eigenvalue weighted by Crippen LogP contribution is 2.19. The fourth-order valence-corrected chi connectivity index (χ4v) is 3.10. The van der Waals surface area contributed by atoms with Gasteiger partial charge in [-0.05, 0) is 36.4 Å². The molecule has 0 bridgehead atoms. The van der Waals surface area contributed by atoms with Gasteiger partial charge in [0.25, 0.3) is 10.0 Å². The average molecular weight is 393 g/mol. The highest BCUT2D eigenvalue weighted by molar-refractivity contribution is 9.10. The van der Waals surface area contributed by atoms with E-state index in [1.54, 1.807) is 36.4 Å². The van der Waals surface area contributed by atoms with E-state index in [2.05, 4.69) is 20.3 Å². The van der Waals surface area contributed by atoms with E-state index >= 15 is 0 Å². The van der Waals surface area contributed by atoms with E-state index in [-0.39, 0.29) is 10.1 Å². The Morgan fingerprint density at radius 3 is 2.10 bits per heavy atom. The zero-order chi connectivity index (χ0) is 14.8. The molecule has 0 spiro atoms. The van der Waals surface area contributed by atoms with Gasteiger partial charge < -0.3 is 0 Å². The maximum atomic E-state index is 12.1. The molecular formula is C13H8BrCl2NO2S. The Balaban J connectivity index is 2.37. The van der Waals surface area contributed by atoms with Crippen LogP contribution >= 0.6 is 39.1 Å². The molecule has 0 radical (unpaired) electrons. The lowest BCUT2D eigenvalue weighted by Gasteiger charge is -2.01. The van der Waals surface area contributed by atoms with Crippen LogP contribution in [0.2, 0.25) is 5.02 Å². The summed E-state index contributed by atoms with van der Waals surface area (Å²) in [6.45, 7) is 0. The molecule has 0 heterocycles. The lowest BCUT2D eigenvalue weighted by atomic mass is 10.2. The van der Waals surface area contributed by atoms with Crippen molar-refractivity contribution in [1.29, 1.82) is 0 Å². The van der Waals surface area contributed by atoms with Gasteiger partial charge in [0.1, 0.15) is 5.17 Å². The lowest BCUT2D eigenvalue weighted by molar-refractivity contribution is 0.598. The number of hydrogen-bond donors (Lipinski definition) is 0. The second-order valence-corrected chi connectivity index (χ2v) is 7.13. The van der Waals surface area contributed by atoms with Gasteiger partial charge in [-0.2, -0.15) is 8.42 Å². The number of sulfonamides is 1. The molecule has 2 aromatic rings. The molecule has 0 N–H and O–H groups in total. The summed E-state index contributed by atoms with van der Waals surface area (Å²) < 4.78 is 28.5. The van der Waals surface area contributed by atoms with Crippen molar-refractivity contribution in [2.45, 2.75) is 4.90 Å². The van der Waals surface area contributed by atoms with Crippen LogP contribution in [-0.2, 0) is 10.0 Å². The van der Waals surface area contributed by atoms with Crippen molar-refractivity contribution >= 4 is 54.3 Å². The van der Waals surface area contributed by atoms with E-state index in [4.69, 9.17) is 23.2 Å². The maximum Gasteiger partial charge on any atom is 0.283 e. The van der Waals surface area contributed by atoms with Crippen molar-refractivity contribution in [3.63, 3.8) is 0 Å². The van der Waals surface area contributed by atoms with Gasteiger partial charge in [-0.15, -0.1) is 4.40 Å². The minimum atomic E-state index is -3.83. The van der Waals surface area contributed by atoms with Crippen molar-refractivity contribution < 1.29 is 8.42 Å². The Bertz CT molecular complexity index is 741. The highest BCUT2D eigenvalue weighted by Gasteiger charge is 2.14. The number of hydrogen-bond acceptors (Lipinski definition) is 2. The van der Waals surface area contributed by atoms with Crippen LogP contribution in [0, 0.1) is 0 Å². The molecule has 104 valence electrons. The fraction of sp³-hybridized carbons (Fsp3) is 0. The summed E-state index contributed by atoms with van der Waals surface area (Å²) in [6, 6.07) is 12.6.